The van der Waals surface area contributed by atoms with Crippen LogP contribution in [-0.4, -0.2) is 28.2 Å². The molecule has 1 saturated heterocycles. The molecule has 170 valence electrons. The SMILES string of the molecule is C/C(=N\Nc1nc([C@@H]2CCCN2C(=O)OCc2ccccc2)cs1)c1ccc2c(c1)CCC2. The van der Waals surface area contributed by atoms with Crippen molar-refractivity contribution in [3.63, 3.8) is 0 Å². The van der Waals surface area contributed by atoms with Gasteiger partial charge in [0, 0.05) is 11.9 Å². The van der Waals surface area contributed by atoms with E-state index in [1.54, 1.807) is 4.90 Å². The van der Waals surface area contributed by atoms with Gasteiger partial charge in [-0.05, 0) is 67.3 Å². The maximum absolute atomic E-state index is 12.7. The molecule has 3 aromatic rings. The molecule has 7 heteroatoms. The minimum Gasteiger partial charge on any atom is -0.445 e. The van der Waals surface area contributed by atoms with E-state index in [2.05, 4.69) is 28.7 Å². The Hall–Kier alpha value is -3.19. The molecule has 1 N–H and O–H groups in total. The Morgan fingerprint density at radius 3 is 2.91 bits per heavy atom. The predicted octanol–water partition coefficient (Wildman–Crippen LogP) is 5.94. The molecule has 1 amide bonds. The van der Waals surface area contributed by atoms with E-state index in [-0.39, 0.29) is 18.7 Å². The second kappa shape index (κ2) is 9.75. The highest BCUT2D eigenvalue weighted by Gasteiger charge is 2.32. The zero-order chi connectivity index (χ0) is 22.6. The van der Waals surface area contributed by atoms with Gasteiger partial charge in [-0.25, -0.2) is 9.78 Å². The third kappa shape index (κ3) is 4.93. The van der Waals surface area contributed by atoms with Crippen molar-refractivity contribution in [1.29, 1.82) is 0 Å². The Morgan fingerprint density at radius 2 is 2.03 bits per heavy atom. The van der Waals surface area contributed by atoms with E-state index in [1.165, 1.54) is 35.3 Å². The Labute approximate surface area is 198 Å². The molecule has 0 bridgehead atoms. The average Bonchev–Trinajstić information content (AvgIpc) is 3.61. The zero-order valence-corrected chi connectivity index (χ0v) is 19.6. The summed E-state index contributed by atoms with van der Waals surface area (Å²) in [5, 5.41) is 7.30. The molecule has 1 aromatic heterocycles. The fourth-order valence-electron chi connectivity index (χ4n) is 4.58. The topological polar surface area (TPSA) is 66.8 Å². The number of likely N-dealkylation sites (tertiary alicyclic amines) is 1. The number of nitrogens with zero attached hydrogens (tertiary/aromatic N) is 3. The summed E-state index contributed by atoms with van der Waals surface area (Å²) in [5.74, 6) is 0. The van der Waals surface area contributed by atoms with Crippen molar-refractivity contribution < 1.29 is 9.53 Å². The first kappa shape index (κ1) is 21.6. The first-order valence-corrected chi connectivity index (χ1v) is 12.4. The molecule has 2 heterocycles. The molecule has 0 saturated carbocycles. The number of aryl methyl sites for hydroxylation is 2. The quantitative estimate of drug-likeness (QED) is 0.365. The zero-order valence-electron chi connectivity index (χ0n) is 18.8. The van der Waals surface area contributed by atoms with E-state index in [0.29, 0.717) is 6.54 Å². The number of amides is 1. The number of ether oxygens (including phenoxy) is 1. The van der Waals surface area contributed by atoms with E-state index in [0.717, 1.165) is 46.9 Å². The van der Waals surface area contributed by atoms with Crippen LogP contribution >= 0.6 is 11.3 Å². The Balaban J connectivity index is 1.21. The van der Waals surface area contributed by atoms with Crippen molar-refractivity contribution in [3.05, 3.63) is 81.9 Å². The molecule has 5 rings (SSSR count). The summed E-state index contributed by atoms with van der Waals surface area (Å²) >= 11 is 1.51. The van der Waals surface area contributed by atoms with Gasteiger partial charge in [-0.3, -0.25) is 10.3 Å². The maximum atomic E-state index is 12.7. The van der Waals surface area contributed by atoms with Crippen molar-refractivity contribution in [2.75, 3.05) is 12.0 Å². The smallest absolute Gasteiger partial charge is 0.410 e. The number of fused-ring (bicyclic) bond motifs is 1. The molecule has 0 radical (unpaired) electrons. The van der Waals surface area contributed by atoms with E-state index in [9.17, 15) is 4.79 Å². The van der Waals surface area contributed by atoms with Gasteiger partial charge in [-0.15, -0.1) is 11.3 Å². The van der Waals surface area contributed by atoms with Crippen LogP contribution in [0.25, 0.3) is 0 Å². The minimum absolute atomic E-state index is 0.0538. The number of hydrogen-bond acceptors (Lipinski definition) is 6. The van der Waals surface area contributed by atoms with Crippen LogP contribution in [0.3, 0.4) is 0 Å². The lowest BCUT2D eigenvalue weighted by molar-refractivity contribution is 0.0916. The van der Waals surface area contributed by atoms with Crippen LogP contribution in [0.1, 0.15) is 60.2 Å². The van der Waals surface area contributed by atoms with Crippen LogP contribution in [0.4, 0.5) is 9.93 Å². The summed E-state index contributed by atoms with van der Waals surface area (Å²) in [6.45, 7) is 2.98. The lowest BCUT2D eigenvalue weighted by atomic mass is 10.0. The number of hydrogen-bond donors (Lipinski definition) is 1. The first-order valence-electron chi connectivity index (χ1n) is 11.5. The number of rotatable bonds is 6. The maximum Gasteiger partial charge on any atom is 0.410 e. The monoisotopic (exact) mass is 460 g/mol. The summed E-state index contributed by atoms with van der Waals surface area (Å²) in [7, 11) is 0. The second-order valence-corrected chi connectivity index (χ2v) is 9.47. The Kier molecular flexibility index (Phi) is 6.39. The van der Waals surface area contributed by atoms with Crippen molar-refractivity contribution in [1.82, 2.24) is 9.88 Å². The van der Waals surface area contributed by atoms with Crippen LogP contribution in [0.5, 0.6) is 0 Å². The molecule has 1 atom stereocenters. The number of nitrogens with one attached hydrogen (secondary N) is 1. The van der Waals surface area contributed by atoms with Gasteiger partial charge in [0.1, 0.15) is 6.61 Å². The van der Waals surface area contributed by atoms with Gasteiger partial charge in [0.2, 0.25) is 5.13 Å². The lowest BCUT2D eigenvalue weighted by Crippen LogP contribution is -2.31. The average molecular weight is 461 g/mol. The van der Waals surface area contributed by atoms with E-state index >= 15 is 0 Å². The fourth-order valence-corrected chi connectivity index (χ4v) is 5.28. The van der Waals surface area contributed by atoms with Crippen LogP contribution in [0, 0.1) is 0 Å². The van der Waals surface area contributed by atoms with Gasteiger partial charge in [-0.1, -0.05) is 42.5 Å². The molecule has 2 aliphatic rings. The molecule has 1 fully saturated rings. The lowest BCUT2D eigenvalue weighted by Gasteiger charge is -2.22. The van der Waals surface area contributed by atoms with Crippen molar-refractivity contribution in [2.45, 2.75) is 51.7 Å². The van der Waals surface area contributed by atoms with Gasteiger partial charge in [0.05, 0.1) is 17.4 Å². The molecule has 1 aliphatic heterocycles. The standard InChI is InChI=1S/C26H28N4O2S/c1-18(21-13-12-20-9-5-10-22(20)15-21)28-29-25-27-23(17-33-25)24-11-6-14-30(24)26(31)32-16-19-7-3-2-4-8-19/h2-4,7-8,12-13,15,17,24H,5-6,9-11,14,16H2,1H3,(H,27,29)/b28-18+/t24-/m0/s1. The van der Waals surface area contributed by atoms with Gasteiger partial charge < -0.3 is 4.74 Å². The van der Waals surface area contributed by atoms with Gasteiger partial charge in [0.25, 0.3) is 0 Å². The minimum atomic E-state index is -0.283. The summed E-state index contributed by atoms with van der Waals surface area (Å²) in [6.07, 6.45) is 5.14. The second-order valence-electron chi connectivity index (χ2n) is 8.62. The number of aromatic nitrogens is 1. The van der Waals surface area contributed by atoms with E-state index in [1.807, 2.05) is 42.6 Å². The van der Waals surface area contributed by atoms with Crippen LogP contribution in [0.2, 0.25) is 0 Å². The van der Waals surface area contributed by atoms with Gasteiger partial charge in [0.15, 0.2) is 0 Å². The highest BCUT2D eigenvalue weighted by Crippen LogP contribution is 2.34. The van der Waals surface area contributed by atoms with Crippen LogP contribution in [0.15, 0.2) is 59.0 Å². The molecule has 33 heavy (non-hydrogen) atoms. The van der Waals surface area contributed by atoms with Gasteiger partial charge in [-0.2, -0.15) is 5.10 Å². The number of carbonyl (C=O) groups excluding carboxylic acids is 1. The number of hydrazone groups is 1. The molecule has 0 spiro atoms. The van der Waals surface area contributed by atoms with Crippen molar-refractivity contribution in [3.8, 4) is 0 Å². The highest BCUT2D eigenvalue weighted by atomic mass is 32.1. The summed E-state index contributed by atoms with van der Waals surface area (Å²) < 4.78 is 5.56. The van der Waals surface area contributed by atoms with Crippen molar-refractivity contribution in [2.24, 2.45) is 5.10 Å². The molecular weight excluding hydrogens is 432 g/mol. The molecule has 0 unspecified atom stereocenters. The molecule has 1 aliphatic carbocycles. The normalized spacial score (nSPS) is 17.8. The number of benzene rings is 2. The van der Waals surface area contributed by atoms with E-state index < -0.39 is 0 Å². The highest BCUT2D eigenvalue weighted by molar-refractivity contribution is 7.13. The molecule has 6 nitrogen and oxygen atoms in total. The van der Waals surface area contributed by atoms with E-state index in [4.69, 9.17) is 9.72 Å². The summed E-state index contributed by atoms with van der Waals surface area (Å²) in [5.41, 5.74) is 9.97. The third-order valence-electron chi connectivity index (χ3n) is 6.39. The number of thiazole rings is 1. The van der Waals surface area contributed by atoms with Crippen molar-refractivity contribution >= 4 is 28.3 Å². The third-order valence-corrected chi connectivity index (χ3v) is 7.16. The van der Waals surface area contributed by atoms with Crippen LogP contribution < -0.4 is 5.43 Å². The largest absolute Gasteiger partial charge is 0.445 e. The Bertz CT molecular complexity index is 1160. The fraction of sp³-hybridized carbons (Fsp3) is 0.346. The first-order chi connectivity index (χ1) is 16.2. The molecule has 2 aromatic carbocycles. The molecular formula is C26H28N4O2S. The summed E-state index contributed by atoms with van der Waals surface area (Å²) in [6, 6.07) is 16.3. The number of carbonyl (C=O) groups is 1. The summed E-state index contributed by atoms with van der Waals surface area (Å²) in [4.78, 5) is 19.2. The van der Waals surface area contributed by atoms with Crippen LogP contribution in [-0.2, 0) is 24.2 Å². The van der Waals surface area contributed by atoms with Gasteiger partial charge >= 0.3 is 6.09 Å². The Morgan fingerprint density at radius 1 is 1.18 bits per heavy atom. The number of anilines is 1. The predicted molar refractivity (Wildman–Crippen MR) is 132 cm³/mol.